The largest absolute Gasteiger partial charge is 0.367 e. The first-order chi connectivity index (χ1) is 12.0. The Bertz CT molecular complexity index is 930. The van der Waals surface area contributed by atoms with E-state index in [4.69, 9.17) is 0 Å². The highest BCUT2D eigenvalue weighted by Gasteiger charge is 2.29. The highest BCUT2D eigenvalue weighted by Crippen LogP contribution is 2.41. The van der Waals surface area contributed by atoms with Crippen LogP contribution in [0.1, 0.15) is 51.8 Å². The van der Waals surface area contributed by atoms with E-state index in [9.17, 15) is 4.79 Å². The second-order valence-corrected chi connectivity index (χ2v) is 6.59. The molecule has 0 aromatic carbocycles. The monoisotopic (exact) mass is 336 g/mol. The average Bonchev–Trinajstić information content (AvgIpc) is 3.15. The van der Waals surface area contributed by atoms with Crippen molar-refractivity contribution in [3.05, 3.63) is 52.7 Å². The highest BCUT2D eigenvalue weighted by molar-refractivity contribution is 6.05. The summed E-state index contributed by atoms with van der Waals surface area (Å²) in [5, 5.41) is 7.33. The molecule has 0 atom stereocenters. The highest BCUT2D eigenvalue weighted by atomic mass is 16.1. The summed E-state index contributed by atoms with van der Waals surface area (Å²) in [6.07, 6.45) is 5.96. The Morgan fingerprint density at radius 2 is 1.88 bits per heavy atom. The lowest BCUT2D eigenvalue weighted by atomic mass is 10.1. The Balaban J connectivity index is 1.59. The molecule has 2 N–H and O–H groups in total. The topological polar surface area (TPSA) is 88.5 Å². The second kappa shape index (κ2) is 5.84. The minimum Gasteiger partial charge on any atom is -0.367 e. The predicted octanol–water partition coefficient (Wildman–Crippen LogP) is 3.05. The zero-order valence-electron chi connectivity index (χ0n) is 14.5. The maximum atomic E-state index is 12.6. The van der Waals surface area contributed by atoms with E-state index in [1.807, 2.05) is 39.1 Å². The van der Waals surface area contributed by atoms with Crippen LogP contribution < -0.4 is 5.32 Å². The van der Waals surface area contributed by atoms with E-state index in [2.05, 4.69) is 25.4 Å². The molecule has 7 heteroatoms. The van der Waals surface area contributed by atoms with Crippen molar-refractivity contribution >= 4 is 11.7 Å². The summed E-state index contributed by atoms with van der Waals surface area (Å²) in [7, 11) is 0. The molecular formula is C18H20N6O. The third-order valence-electron chi connectivity index (χ3n) is 4.33. The van der Waals surface area contributed by atoms with Crippen LogP contribution in [0.2, 0.25) is 0 Å². The fourth-order valence-electron chi connectivity index (χ4n) is 3.03. The zero-order valence-corrected chi connectivity index (χ0v) is 14.5. The van der Waals surface area contributed by atoms with E-state index in [0.717, 1.165) is 35.5 Å². The van der Waals surface area contributed by atoms with Crippen LogP contribution >= 0.6 is 0 Å². The van der Waals surface area contributed by atoms with Crippen LogP contribution in [0.25, 0.3) is 5.95 Å². The maximum absolute atomic E-state index is 12.6. The number of hydrogen-bond donors (Lipinski definition) is 2. The molecule has 1 amide bonds. The van der Waals surface area contributed by atoms with Gasteiger partial charge >= 0.3 is 0 Å². The quantitative estimate of drug-likeness (QED) is 0.766. The van der Waals surface area contributed by atoms with Crippen molar-refractivity contribution in [3.63, 3.8) is 0 Å². The van der Waals surface area contributed by atoms with Crippen molar-refractivity contribution in [1.29, 1.82) is 0 Å². The number of nitrogens with one attached hydrogen (secondary N) is 2. The van der Waals surface area contributed by atoms with Gasteiger partial charge in [0.2, 0.25) is 0 Å². The number of H-pyrrole nitrogens is 1. The molecule has 1 saturated carbocycles. The van der Waals surface area contributed by atoms with E-state index in [0.29, 0.717) is 23.2 Å². The first-order valence-electron chi connectivity index (χ1n) is 8.38. The molecular weight excluding hydrogens is 316 g/mol. The Morgan fingerprint density at radius 1 is 1.16 bits per heavy atom. The summed E-state index contributed by atoms with van der Waals surface area (Å²) < 4.78 is 1.65. The Morgan fingerprint density at radius 3 is 2.56 bits per heavy atom. The number of amides is 1. The number of anilines is 1. The predicted molar refractivity (Wildman–Crippen MR) is 94.1 cm³/mol. The summed E-state index contributed by atoms with van der Waals surface area (Å²) in [5.41, 5.74) is 4.40. The Kier molecular flexibility index (Phi) is 3.63. The molecule has 0 radical (unpaired) electrons. The number of aryl methyl sites for hydroxylation is 3. The molecule has 3 aromatic heterocycles. The van der Waals surface area contributed by atoms with Gasteiger partial charge in [0.15, 0.2) is 5.82 Å². The Hall–Kier alpha value is -2.96. The molecule has 3 heterocycles. The number of hydrogen-bond acceptors (Lipinski definition) is 4. The van der Waals surface area contributed by atoms with Crippen molar-refractivity contribution in [2.24, 2.45) is 0 Å². The molecule has 1 aliphatic carbocycles. The second-order valence-electron chi connectivity index (χ2n) is 6.59. The summed E-state index contributed by atoms with van der Waals surface area (Å²) >= 11 is 0. The lowest BCUT2D eigenvalue weighted by Gasteiger charge is -2.05. The molecule has 3 aromatic rings. The minimum atomic E-state index is -0.144. The number of aromatic amines is 1. The van der Waals surface area contributed by atoms with Gasteiger partial charge in [0.1, 0.15) is 0 Å². The summed E-state index contributed by atoms with van der Waals surface area (Å²) in [6, 6.07) is 3.73. The van der Waals surface area contributed by atoms with Gasteiger partial charge in [0.25, 0.3) is 11.9 Å². The van der Waals surface area contributed by atoms with Crippen LogP contribution in [0.5, 0.6) is 0 Å². The van der Waals surface area contributed by atoms with Gasteiger partial charge in [0, 0.05) is 35.5 Å². The molecule has 1 aliphatic rings. The normalized spacial score (nSPS) is 13.9. The van der Waals surface area contributed by atoms with Gasteiger partial charge in [-0.3, -0.25) is 4.79 Å². The van der Waals surface area contributed by atoms with Crippen LogP contribution in [-0.2, 0) is 0 Å². The lowest BCUT2D eigenvalue weighted by molar-refractivity contribution is 0.102. The molecule has 7 nitrogen and oxygen atoms in total. The van der Waals surface area contributed by atoms with Gasteiger partial charge in [-0.05, 0) is 51.2 Å². The molecule has 128 valence electrons. The van der Waals surface area contributed by atoms with E-state index in [1.54, 1.807) is 10.9 Å². The third kappa shape index (κ3) is 3.05. The van der Waals surface area contributed by atoms with Gasteiger partial charge in [0.05, 0.1) is 5.56 Å². The van der Waals surface area contributed by atoms with Gasteiger partial charge in [-0.2, -0.15) is 0 Å². The molecule has 1 fully saturated rings. The van der Waals surface area contributed by atoms with Crippen LogP contribution in [0, 0.1) is 20.8 Å². The van der Waals surface area contributed by atoms with Crippen LogP contribution in [0.3, 0.4) is 0 Å². The molecule has 0 unspecified atom stereocenters. The number of aromatic nitrogens is 5. The van der Waals surface area contributed by atoms with Crippen molar-refractivity contribution in [2.75, 3.05) is 5.32 Å². The lowest BCUT2D eigenvalue weighted by Crippen LogP contribution is -2.14. The first kappa shape index (κ1) is 15.6. The van der Waals surface area contributed by atoms with Gasteiger partial charge in [-0.25, -0.2) is 14.6 Å². The number of nitrogens with zero attached hydrogens (tertiary/aromatic N) is 4. The molecule has 25 heavy (non-hydrogen) atoms. The smallest absolute Gasteiger partial charge is 0.258 e. The summed E-state index contributed by atoms with van der Waals surface area (Å²) in [5.74, 6) is 1.37. The molecule has 4 rings (SSSR count). The average molecular weight is 336 g/mol. The molecule has 0 spiro atoms. The van der Waals surface area contributed by atoms with Crippen molar-refractivity contribution in [1.82, 2.24) is 24.7 Å². The zero-order chi connectivity index (χ0) is 17.6. The van der Waals surface area contributed by atoms with E-state index in [-0.39, 0.29) is 5.91 Å². The number of rotatable bonds is 4. The number of carbonyl (C=O) groups is 1. The fraction of sp³-hybridized carbons (Fsp3) is 0.333. The van der Waals surface area contributed by atoms with Crippen LogP contribution in [-0.4, -0.2) is 30.6 Å². The summed E-state index contributed by atoms with van der Waals surface area (Å²) in [6.45, 7) is 5.76. The molecule has 0 saturated heterocycles. The van der Waals surface area contributed by atoms with Crippen LogP contribution in [0.4, 0.5) is 5.82 Å². The van der Waals surface area contributed by atoms with E-state index < -0.39 is 0 Å². The molecule has 0 aliphatic heterocycles. The maximum Gasteiger partial charge on any atom is 0.258 e. The van der Waals surface area contributed by atoms with Crippen molar-refractivity contribution in [2.45, 2.75) is 39.5 Å². The fourth-order valence-corrected chi connectivity index (χ4v) is 3.03. The van der Waals surface area contributed by atoms with Crippen molar-refractivity contribution in [3.8, 4) is 5.95 Å². The standard InChI is InChI=1S/C18H20N6O/c1-10-6-11(2)21-18(20-10)24-12(3)7-16(23-24)22-17(25)15-9-19-8-14(15)13-4-5-13/h6-9,13,19H,4-5H2,1-3H3,(H,22,23,25). The summed E-state index contributed by atoms with van der Waals surface area (Å²) in [4.78, 5) is 24.5. The van der Waals surface area contributed by atoms with Gasteiger partial charge in [-0.1, -0.05) is 0 Å². The van der Waals surface area contributed by atoms with Crippen molar-refractivity contribution < 1.29 is 4.79 Å². The number of carbonyl (C=O) groups excluding carboxylic acids is 1. The van der Waals surface area contributed by atoms with Gasteiger partial charge < -0.3 is 10.3 Å². The Labute approximate surface area is 145 Å². The van der Waals surface area contributed by atoms with E-state index >= 15 is 0 Å². The third-order valence-corrected chi connectivity index (χ3v) is 4.33. The van der Waals surface area contributed by atoms with Gasteiger partial charge in [-0.15, -0.1) is 5.10 Å². The minimum absolute atomic E-state index is 0.144. The van der Waals surface area contributed by atoms with E-state index in [1.165, 1.54) is 0 Å². The first-order valence-corrected chi connectivity index (χ1v) is 8.38. The SMILES string of the molecule is Cc1cc(C)nc(-n2nc(NC(=O)c3c[nH]cc3C3CC3)cc2C)n1. The van der Waals surface area contributed by atoms with Crippen LogP contribution in [0.15, 0.2) is 24.5 Å². The molecule has 0 bridgehead atoms.